The van der Waals surface area contributed by atoms with Crippen molar-refractivity contribution in [3.63, 3.8) is 0 Å². The molecule has 0 radical (unpaired) electrons. The number of carbonyl (C=O) groups excluding carboxylic acids is 1. The van der Waals surface area contributed by atoms with E-state index in [1.54, 1.807) is 0 Å². The highest BCUT2D eigenvalue weighted by atomic mass is 16.3. The number of nitrogens with one attached hydrogen (secondary N) is 1. The number of hydrogen-bond donors (Lipinski definition) is 2. The Morgan fingerprint density at radius 3 is 2.41 bits per heavy atom. The number of carbonyl (C=O) groups is 1. The van der Waals surface area contributed by atoms with Gasteiger partial charge in [0, 0.05) is 13.2 Å². The van der Waals surface area contributed by atoms with Gasteiger partial charge in [0.05, 0.1) is 6.04 Å². The molecule has 4 nitrogen and oxygen atoms in total. The average molecular weight is 242 g/mol. The van der Waals surface area contributed by atoms with Crippen LogP contribution in [0.25, 0.3) is 0 Å². The molecular weight excluding hydrogens is 216 g/mol. The van der Waals surface area contributed by atoms with Crippen molar-refractivity contribution in [1.29, 1.82) is 0 Å². The Hall–Kier alpha value is -0.610. The molecule has 0 saturated carbocycles. The summed E-state index contributed by atoms with van der Waals surface area (Å²) in [6, 6.07) is -0.0478. The summed E-state index contributed by atoms with van der Waals surface area (Å²) < 4.78 is 0. The number of aliphatic hydroxyl groups is 1. The highest BCUT2D eigenvalue weighted by Crippen LogP contribution is 2.18. The molecule has 1 amide bonds. The predicted octanol–water partition coefficient (Wildman–Crippen LogP) is 0.851. The number of nitrogens with zero attached hydrogens (tertiary/aromatic N) is 1. The first-order chi connectivity index (χ1) is 8.04. The number of hydrogen-bond acceptors (Lipinski definition) is 3. The second-order valence-electron chi connectivity index (χ2n) is 5.48. The van der Waals surface area contributed by atoms with Gasteiger partial charge in [-0.2, -0.15) is 0 Å². The normalized spacial score (nSPS) is 20.5. The molecule has 100 valence electrons. The molecule has 2 N–H and O–H groups in total. The average Bonchev–Trinajstić information content (AvgIpc) is 2.35. The molecule has 0 aromatic heterocycles. The molecular formula is C13H26N2O2. The van der Waals surface area contributed by atoms with Crippen molar-refractivity contribution in [1.82, 2.24) is 10.2 Å². The molecule has 1 aliphatic heterocycles. The van der Waals surface area contributed by atoms with Gasteiger partial charge in [-0.1, -0.05) is 13.8 Å². The smallest absolute Gasteiger partial charge is 0.237 e. The summed E-state index contributed by atoms with van der Waals surface area (Å²) in [5.41, 5.74) is 0. The van der Waals surface area contributed by atoms with Gasteiger partial charge >= 0.3 is 0 Å². The minimum absolute atomic E-state index is 0.0478. The zero-order valence-corrected chi connectivity index (χ0v) is 11.3. The first-order valence-corrected chi connectivity index (χ1v) is 6.67. The largest absolute Gasteiger partial charge is 0.396 e. The van der Waals surface area contributed by atoms with Crippen LogP contribution in [0.4, 0.5) is 0 Å². The number of rotatable bonds is 5. The molecule has 1 rings (SSSR count). The Labute approximate surface area is 104 Å². The fourth-order valence-corrected chi connectivity index (χ4v) is 2.14. The SMILES string of the molecule is CC(C)CNC(=O)C(C)N1CCC(CO)CC1. The quantitative estimate of drug-likeness (QED) is 0.751. The van der Waals surface area contributed by atoms with E-state index in [1.807, 2.05) is 6.92 Å². The topological polar surface area (TPSA) is 52.6 Å². The van der Waals surface area contributed by atoms with E-state index in [0.717, 1.165) is 32.5 Å². The highest BCUT2D eigenvalue weighted by molar-refractivity contribution is 5.81. The van der Waals surface area contributed by atoms with E-state index < -0.39 is 0 Å². The third kappa shape index (κ3) is 4.64. The summed E-state index contributed by atoms with van der Waals surface area (Å²) >= 11 is 0. The Balaban J connectivity index is 2.32. The second kappa shape index (κ2) is 6.97. The molecule has 1 atom stereocenters. The van der Waals surface area contributed by atoms with E-state index in [2.05, 4.69) is 24.1 Å². The van der Waals surface area contributed by atoms with Gasteiger partial charge in [0.2, 0.25) is 5.91 Å². The number of aliphatic hydroxyl groups excluding tert-OH is 1. The summed E-state index contributed by atoms with van der Waals surface area (Å²) in [4.78, 5) is 14.1. The summed E-state index contributed by atoms with van der Waals surface area (Å²) in [5.74, 6) is 1.05. The molecule has 0 bridgehead atoms. The lowest BCUT2D eigenvalue weighted by molar-refractivity contribution is -0.126. The fourth-order valence-electron chi connectivity index (χ4n) is 2.14. The minimum Gasteiger partial charge on any atom is -0.396 e. The van der Waals surface area contributed by atoms with Gasteiger partial charge in [0.1, 0.15) is 0 Å². The van der Waals surface area contributed by atoms with Crippen molar-refractivity contribution in [3.05, 3.63) is 0 Å². The monoisotopic (exact) mass is 242 g/mol. The Morgan fingerprint density at radius 1 is 1.35 bits per heavy atom. The third-order valence-electron chi connectivity index (χ3n) is 3.52. The highest BCUT2D eigenvalue weighted by Gasteiger charge is 2.25. The van der Waals surface area contributed by atoms with E-state index >= 15 is 0 Å². The maximum atomic E-state index is 11.9. The fraction of sp³-hybridized carbons (Fsp3) is 0.923. The lowest BCUT2D eigenvalue weighted by Crippen LogP contribution is -2.49. The van der Waals surface area contributed by atoms with Crippen molar-refractivity contribution >= 4 is 5.91 Å². The molecule has 1 fully saturated rings. The third-order valence-corrected chi connectivity index (χ3v) is 3.52. The van der Waals surface area contributed by atoms with Crippen LogP contribution in [0.2, 0.25) is 0 Å². The van der Waals surface area contributed by atoms with Gasteiger partial charge in [-0.05, 0) is 44.7 Å². The van der Waals surface area contributed by atoms with Gasteiger partial charge in [-0.15, -0.1) is 0 Å². The van der Waals surface area contributed by atoms with Crippen LogP contribution in [0.5, 0.6) is 0 Å². The van der Waals surface area contributed by atoms with E-state index in [4.69, 9.17) is 5.11 Å². The minimum atomic E-state index is -0.0478. The van der Waals surface area contributed by atoms with Gasteiger partial charge in [-0.3, -0.25) is 9.69 Å². The molecule has 0 aromatic rings. The molecule has 1 aliphatic rings. The van der Waals surface area contributed by atoms with E-state index in [9.17, 15) is 4.79 Å². The number of amides is 1. The maximum absolute atomic E-state index is 11.9. The molecule has 17 heavy (non-hydrogen) atoms. The van der Waals surface area contributed by atoms with Crippen LogP contribution in [0.1, 0.15) is 33.6 Å². The standard InChI is InChI=1S/C13H26N2O2/c1-10(2)8-14-13(17)11(3)15-6-4-12(9-16)5-7-15/h10-12,16H,4-9H2,1-3H3,(H,14,17). The molecule has 1 unspecified atom stereocenters. The van der Waals surface area contributed by atoms with Gasteiger partial charge in [-0.25, -0.2) is 0 Å². The molecule has 4 heteroatoms. The van der Waals surface area contributed by atoms with Crippen LogP contribution in [-0.4, -0.2) is 48.2 Å². The number of likely N-dealkylation sites (tertiary alicyclic amines) is 1. The lowest BCUT2D eigenvalue weighted by atomic mass is 9.97. The van der Waals surface area contributed by atoms with Crippen LogP contribution in [-0.2, 0) is 4.79 Å². The van der Waals surface area contributed by atoms with Gasteiger partial charge < -0.3 is 10.4 Å². The van der Waals surface area contributed by atoms with Gasteiger partial charge in [0.15, 0.2) is 0 Å². The zero-order chi connectivity index (χ0) is 12.8. The summed E-state index contributed by atoms with van der Waals surface area (Å²) in [6.07, 6.45) is 2.00. The molecule has 1 saturated heterocycles. The first-order valence-electron chi connectivity index (χ1n) is 6.67. The van der Waals surface area contributed by atoms with Crippen LogP contribution < -0.4 is 5.32 Å². The maximum Gasteiger partial charge on any atom is 0.237 e. The van der Waals surface area contributed by atoms with Crippen molar-refractivity contribution in [3.8, 4) is 0 Å². The second-order valence-corrected chi connectivity index (χ2v) is 5.48. The molecule has 1 heterocycles. The Bertz CT molecular complexity index is 236. The molecule has 0 aromatic carbocycles. The Morgan fingerprint density at radius 2 is 1.94 bits per heavy atom. The molecule has 0 aliphatic carbocycles. The summed E-state index contributed by atoms with van der Waals surface area (Å²) in [7, 11) is 0. The van der Waals surface area contributed by atoms with Crippen molar-refractivity contribution in [2.24, 2.45) is 11.8 Å². The zero-order valence-electron chi connectivity index (χ0n) is 11.3. The summed E-state index contributed by atoms with van der Waals surface area (Å²) in [6.45, 7) is 9.02. The lowest BCUT2D eigenvalue weighted by Gasteiger charge is -2.34. The van der Waals surface area contributed by atoms with Crippen molar-refractivity contribution in [2.45, 2.75) is 39.7 Å². The molecule has 0 spiro atoms. The summed E-state index contributed by atoms with van der Waals surface area (Å²) in [5, 5.41) is 12.0. The first kappa shape index (κ1) is 14.5. The van der Waals surface area contributed by atoms with E-state index in [-0.39, 0.29) is 18.6 Å². The van der Waals surface area contributed by atoms with Crippen LogP contribution in [0, 0.1) is 11.8 Å². The van der Waals surface area contributed by atoms with Crippen LogP contribution >= 0.6 is 0 Å². The number of piperidine rings is 1. The van der Waals surface area contributed by atoms with Crippen molar-refractivity contribution in [2.75, 3.05) is 26.2 Å². The van der Waals surface area contributed by atoms with E-state index in [1.165, 1.54) is 0 Å². The van der Waals surface area contributed by atoms with Crippen LogP contribution in [0.3, 0.4) is 0 Å². The van der Waals surface area contributed by atoms with E-state index in [0.29, 0.717) is 11.8 Å². The Kier molecular flexibility index (Phi) is 5.92. The predicted molar refractivity (Wildman–Crippen MR) is 68.7 cm³/mol. The van der Waals surface area contributed by atoms with Gasteiger partial charge in [0.25, 0.3) is 0 Å². The van der Waals surface area contributed by atoms with Crippen LogP contribution in [0.15, 0.2) is 0 Å². The van der Waals surface area contributed by atoms with Crippen molar-refractivity contribution < 1.29 is 9.90 Å².